The molecule has 0 bridgehead atoms. The summed E-state index contributed by atoms with van der Waals surface area (Å²) in [5.74, 6) is 0.157. The molecule has 0 saturated heterocycles. The molecule has 0 aromatic carbocycles. The zero-order valence-corrected chi connectivity index (χ0v) is 10.1. The maximum absolute atomic E-state index is 10.9. The zero-order valence-electron chi connectivity index (χ0n) is 10.1. The average molecular weight is 213 g/mol. The van der Waals surface area contributed by atoms with Crippen molar-refractivity contribution in [3.05, 3.63) is 0 Å². The Bertz CT molecular complexity index is 210. The van der Waals surface area contributed by atoms with Crippen molar-refractivity contribution < 1.29 is 9.90 Å². The summed E-state index contributed by atoms with van der Waals surface area (Å²) in [5, 5.41) is 8.94. The van der Waals surface area contributed by atoms with Crippen molar-refractivity contribution in [2.24, 2.45) is 5.92 Å². The van der Waals surface area contributed by atoms with E-state index in [-0.39, 0.29) is 6.04 Å². The molecule has 1 aliphatic rings. The Hall–Kier alpha value is -0.570. The SMILES string of the molecule is CCC1CCC(N(C)C(C)C(=O)O)CC1. The number of carbonyl (C=O) groups is 1. The number of hydrogen-bond acceptors (Lipinski definition) is 2. The first-order valence-corrected chi connectivity index (χ1v) is 6.01. The summed E-state index contributed by atoms with van der Waals surface area (Å²) >= 11 is 0. The molecule has 1 fully saturated rings. The van der Waals surface area contributed by atoms with E-state index in [9.17, 15) is 4.79 Å². The van der Waals surface area contributed by atoms with Gasteiger partial charge in [0.15, 0.2) is 0 Å². The second-order valence-electron chi connectivity index (χ2n) is 4.76. The third kappa shape index (κ3) is 3.20. The Balaban J connectivity index is 2.42. The van der Waals surface area contributed by atoms with E-state index in [1.54, 1.807) is 6.92 Å². The van der Waals surface area contributed by atoms with Crippen LogP contribution < -0.4 is 0 Å². The van der Waals surface area contributed by atoms with Crippen molar-refractivity contribution >= 4 is 5.97 Å². The number of rotatable bonds is 4. The van der Waals surface area contributed by atoms with Crippen LogP contribution in [-0.2, 0) is 4.79 Å². The van der Waals surface area contributed by atoms with Crippen molar-refractivity contribution in [2.75, 3.05) is 7.05 Å². The van der Waals surface area contributed by atoms with E-state index in [2.05, 4.69) is 6.92 Å². The van der Waals surface area contributed by atoms with E-state index in [1.165, 1.54) is 19.3 Å². The lowest BCUT2D eigenvalue weighted by Crippen LogP contribution is -2.44. The van der Waals surface area contributed by atoms with Gasteiger partial charge in [-0.3, -0.25) is 9.69 Å². The molecule has 1 aliphatic carbocycles. The minimum absolute atomic E-state index is 0.354. The zero-order chi connectivity index (χ0) is 11.4. The third-order valence-electron chi connectivity index (χ3n) is 3.94. The highest BCUT2D eigenvalue weighted by atomic mass is 16.4. The molecule has 0 radical (unpaired) electrons. The van der Waals surface area contributed by atoms with Gasteiger partial charge >= 0.3 is 5.97 Å². The number of carboxylic acids is 1. The van der Waals surface area contributed by atoms with Gasteiger partial charge in [-0.2, -0.15) is 0 Å². The van der Waals surface area contributed by atoms with E-state index in [0.29, 0.717) is 6.04 Å². The first-order chi connectivity index (χ1) is 7.06. The fraction of sp³-hybridized carbons (Fsp3) is 0.917. The number of likely N-dealkylation sites (N-methyl/N-ethyl adjacent to an activating group) is 1. The molecule has 3 heteroatoms. The molecule has 0 aromatic rings. The van der Waals surface area contributed by atoms with Gasteiger partial charge in [-0.25, -0.2) is 0 Å². The molecule has 1 atom stereocenters. The van der Waals surface area contributed by atoms with Crippen LogP contribution in [0.4, 0.5) is 0 Å². The van der Waals surface area contributed by atoms with E-state index in [0.717, 1.165) is 18.8 Å². The van der Waals surface area contributed by atoms with E-state index >= 15 is 0 Å². The standard InChI is InChI=1S/C12H23NO2/c1-4-10-5-7-11(8-6-10)13(3)9(2)12(14)15/h9-11H,4-8H2,1-3H3,(H,14,15). The van der Waals surface area contributed by atoms with Gasteiger partial charge in [0.05, 0.1) is 0 Å². The smallest absolute Gasteiger partial charge is 0.320 e. The molecule has 1 unspecified atom stereocenters. The van der Waals surface area contributed by atoms with Crippen LogP contribution in [0.1, 0.15) is 46.0 Å². The first-order valence-electron chi connectivity index (χ1n) is 6.01. The molecule has 0 aromatic heterocycles. The highest BCUT2D eigenvalue weighted by molar-refractivity contribution is 5.72. The summed E-state index contributed by atoms with van der Waals surface area (Å²) in [6.07, 6.45) is 6.11. The Morgan fingerprint density at radius 2 is 1.93 bits per heavy atom. The first kappa shape index (κ1) is 12.5. The van der Waals surface area contributed by atoms with Crippen molar-refractivity contribution in [1.82, 2.24) is 4.90 Å². The second-order valence-corrected chi connectivity index (χ2v) is 4.76. The normalized spacial score (nSPS) is 29.1. The van der Waals surface area contributed by atoms with Gasteiger partial charge in [-0.15, -0.1) is 0 Å². The summed E-state index contributed by atoms with van der Waals surface area (Å²) in [6, 6.07) is 0.118. The lowest BCUT2D eigenvalue weighted by Gasteiger charge is -2.36. The third-order valence-corrected chi connectivity index (χ3v) is 3.94. The minimum Gasteiger partial charge on any atom is -0.480 e. The maximum Gasteiger partial charge on any atom is 0.320 e. The molecule has 0 spiro atoms. The summed E-state index contributed by atoms with van der Waals surface area (Å²) < 4.78 is 0. The summed E-state index contributed by atoms with van der Waals surface area (Å²) in [4.78, 5) is 12.9. The highest BCUT2D eigenvalue weighted by Gasteiger charge is 2.28. The van der Waals surface area contributed by atoms with Gasteiger partial charge in [0.1, 0.15) is 6.04 Å². The van der Waals surface area contributed by atoms with Crippen molar-refractivity contribution in [3.63, 3.8) is 0 Å². The number of hydrogen-bond donors (Lipinski definition) is 1. The molecule has 88 valence electrons. The van der Waals surface area contributed by atoms with Gasteiger partial charge in [0.25, 0.3) is 0 Å². The van der Waals surface area contributed by atoms with Gasteiger partial charge in [-0.1, -0.05) is 13.3 Å². The lowest BCUT2D eigenvalue weighted by atomic mass is 9.84. The largest absolute Gasteiger partial charge is 0.480 e. The topological polar surface area (TPSA) is 40.5 Å². The quantitative estimate of drug-likeness (QED) is 0.779. The van der Waals surface area contributed by atoms with Crippen LogP contribution in [-0.4, -0.2) is 35.1 Å². The molecule has 15 heavy (non-hydrogen) atoms. The van der Waals surface area contributed by atoms with Crippen LogP contribution in [0.2, 0.25) is 0 Å². The van der Waals surface area contributed by atoms with Gasteiger partial charge < -0.3 is 5.11 Å². The van der Waals surface area contributed by atoms with E-state index in [1.807, 2.05) is 11.9 Å². The number of nitrogens with zero attached hydrogens (tertiary/aromatic N) is 1. The Morgan fingerprint density at radius 1 is 1.40 bits per heavy atom. The summed E-state index contributed by atoms with van der Waals surface area (Å²) in [7, 11) is 1.94. The molecule has 3 nitrogen and oxygen atoms in total. The molecular formula is C12H23NO2. The molecule has 0 aliphatic heterocycles. The van der Waals surface area contributed by atoms with Crippen LogP contribution in [0.3, 0.4) is 0 Å². The van der Waals surface area contributed by atoms with Crippen LogP contribution in [0, 0.1) is 5.92 Å². The molecule has 0 heterocycles. The van der Waals surface area contributed by atoms with Crippen LogP contribution >= 0.6 is 0 Å². The monoisotopic (exact) mass is 213 g/mol. The van der Waals surface area contributed by atoms with Gasteiger partial charge in [-0.05, 0) is 45.6 Å². The molecule has 0 amide bonds. The average Bonchev–Trinajstić information content (AvgIpc) is 2.27. The molecule has 1 saturated carbocycles. The highest BCUT2D eigenvalue weighted by Crippen LogP contribution is 2.29. The van der Waals surface area contributed by atoms with Crippen LogP contribution in [0.15, 0.2) is 0 Å². The van der Waals surface area contributed by atoms with Crippen molar-refractivity contribution in [3.8, 4) is 0 Å². The van der Waals surface area contributed by atoms with Crippen LogP contribution in [0.5, 0.6) is 0 Å². The predicted molar refractivity (Wildman–Crippen MR) is 60.9 cm³/mol. The maximum atomic E-state index is 10.9. The fourth-order valence-electron chi connectivity index (χ4n) is 2.45. The van der Waals surface area contributed by atoms with Crippen molar-refractivity contribution in [2.45, 2.75) is 58.0 Å². The van der Waals surface area contributed by atoms with E-state index < -0.39 is 5.97 Å². The Kier molecular flexibility index (Phi) is 4.58. The number of aliphatic carboxylic acids is 1. The minimum atomic E-state index is -0.713. The van der Waals surface area contributed by atoms with Crippen molar-refractivity contribution in [1.29, 1.82) is 0 Å². The summed E-state index contributed by atoms with van der Waals surface area (Å²) in [6.45, 7) is 4.02. The molecule has 1 N–H and O–H groups in total. The molecule has 1 rings (SSSR count). The predicted octanol–water partition coefficient (Wildman–Crippen LogP) is 2.36. The Labute approximate surface area is 92.5 Å². The van der Waals surface area contributed by atoms with Gasteiger partial charge in [0.2, 0.25) is 0 Å². The second kappa shape index (κ2) is 5.50. The Morgan fingerprint density at radius 3 is 2.33 bits per heavy atom. The summed E-state index contributed by atoms with van der Waals surface area (Å²) in [5.41, 5.74) is 0. The van der Waals surface area contributed by atoms with Gasteiger partial charge in [0, 0.05) is 6.04 Å². The molecular weight excluding hydrogens is 190 g/mol. The van der Waals surface area contributed by atoms with Crippen LogP contribution in [0.25, 0.3) is 0 Å². The number of carboxylic acid groups (broad SMARTS) is 1. The fourth-order valence-corrected chi connectivity index (χ4v) is 2.45. The lowest BCUT2D eigenvalue weighted by molar-refractivity contribution is -0.143. The van der Waals surface area contributed by atoms with E-state index in [4.69, 9.17) is 5.11 Å².